The van der Waals surface area contributed by atoms with Crippen LogP contribution in [0.15, 0.2) is 48.5 Å². The summed E-state index contributed by atoms with van der Waals surface area (Å²) >= 11 is 0. The lowest BCUT2D eigenvalue weighted by molar-refractivity contribution is -0.137. The van der Waals surface area contributed by atoms with Crippen molar-refractivity contribution in [2.24, 2.45) is 0 Å². The summed E-state index contributed by atoms with van der Waals surface area (Å²) < 4.78 is 37.9. The molecule has 1 amide bonds. The summed E-state index contributed by atoms with van der Waals surface area (Å²) in [6.07, 6.45) is -2.09. The zero-order valence-corrected chi connectivity index (χ0v) is 14.5. The number of benzene rings is 2. The minimum Gasteiger partial charge on any atom is -0.465 e. The number of carboxylic acid groups (broad SMARTS) is 1. The van der Waals surface area contributed by atoms with Crippen LogP contribution in [0.3, 0.4) is 0 Å². The van der Waals surface area contributed by atoms with Gasteiger partial charge in [0.15, 0.2) is 0 Å². The molecule has 0 aromatic heterocycles. The van der Waals surface area contributed by atoms with E-state index in [0.717, 1.165) is 42.5 Å². The first-order valence-electron chi connectivity index (χ1n) is 8.55. The summed E-state index contributed by atoms with van der Waals surface area (Å²) in [4.78, 5) is 10.9. The Morgan fingerprint density at radius 3 is 2.04 bits per heavy atom. The Hall–Kier alpha value is -2.50. The number of alkyl halides is 3. The molecule has 6 heteroatoms. The highest BCUT2D eigenvalue weighted by molar-refractivity contribution is 5.65. The normalized spacial score (nSPS) is 12.6. The molecule has 3 nitrogen and oxygen atoms in total. The van der Waals surface area contributed by atoms with Crippen molar-refractivity contribution >= 4 is 6.09 Å². The molecular weight excluding hydrogens is 343 g/mol. The molecule has 0 bridgehead atoms. The Bertz CT molecular complexity index is 709. The number of rotatable bonds is 7. The fourth-order valence-electron chi connectivity index (χ4n) is 2.82. The maximum atomic E-state index is 12.6. The van der Waals surface area contributed by atoms with Crippen molar-refractivity contribution in [2.45, 2.75) is 44.8 Å². The number of halogens is 3. The fourth-order valence-corrected chi connectivity index (χ4v) is 2.82. The minimum absolute atomic E-state index is 0.149. The average molecular weight is 365 g/mol. The van der Waals surface area contributed by atoms with Crippen LogP contribution in [0, 0.1) is 0 Å². The summed E-state index contributed by atoms with van der Waals surface area (Å²) in [5, 5.41) is 11.5. The van der Waals surface area contributed by atoms with E-state index in [9.17, 15) is 18.0 Å². The molecule has 0 heterocycles. The van der Waals surface area contributed by atoms with Gasteiger partial charge in [0.1, 0.15) is 0 Å². The zero-order valence-electron chi connectivity index (χ0n) is 14.5. The van der Waals surface area contributed by atoms with E-state index in [1.165, 1.54) is 12.1 Å². The number of carbonyl (C=O) groups is 1. The highest BCUT2D eigenvalue weighted by Crippen LogP contribution is 2.31. The first-order chi connectivity index (χ1) is 12.3. The summed E-state index contributed by atoms with van der Waals surface area (Å²) in [7, 11) is 0. The van der Waals surface area contributed by atoms with Crippen LogP contribution in [-0.2, 0) is 12.6 Å². The van der Waals surface area contributed by atoms with E-state index < -0.39 is 17.8 Å². The van der Waals surface area contributed by atoms with E-state index in [4.69, 9.17) is 5.11 Å². The maximum absolute atomic E-state index is 12.6. The predicted octanol–water partition coefficient (Wildman–Crippen LogP) is 5.74. The standard InChI is InChI=1S/C20H22F3NO2/c1-2-3-4-18(24-19(25)26)13-14-5-7-15(8-6-14)16-9-11-17(12-10-16)20(21,22)23/h5-12,18,24H,2-4,13H2,1H3,(H,25,26). The van der Waals surface area contributed by atoms with Gasteiger partial charge in [-0.25, -0.2) is 4.79 Å². The molecule has 2 rings (SSSR count). The third kappa shape index (κ3) is 5.79. The molecule has 1 atom stereocenters. The van der Waals surface area contributed by atoms with Crippen molar-refractivity contribution in [3.63, 3.8) is 0 Å². The molecule has 26 heavy (non-hydrogen) atoms. The molecule has 2 aromatic carbocycles. The van der Waals surface area contributed by atoms with Crippen LogP contribution in [0.2, 0.25) is 0 Å². The topological polar surface area (TPSA) is 49.3 Å². The Kier molecular flexibility index (Phi) is 6.66. The van der Waals surface area contributed by atoms with E-state index in [0.29, 0.717) is 12.0 Å². The molecule has 0 aliphatic carbocycles. The molecule has 0 radical (unpaired) electrons. The lowest BCUT2D eigenvalue weighted by atomic mass is 9.98. The molecule has 0 saturated carbocycles. The van der Waals surface area contributed by atoms with Crippen LogP contribution in [0.5, 0.6) is 0 Å². The number of amides is 1. The molecule has 2 N–H and O–H groups in total. The Balaban J connectivity index is 2.08. The quantitative estimate of drug-likeness (QED) is 0.657. The van der Waals surface area contributed by atoms with Gasteiger partial charge in [-0.3, -0.25) is 0 Å². The van der Waals surface area contributed by atoms with Crippen LogP contribution in [0.4, 0.5) is 18.0 Å². The molecular formula is C20H22F3NO2. The second-order valence-corrected chi connectivity index (χ2v) is 6.26. The van der Waals surface area contributed by atoms with Crippen molar-refractivity contribution in [3.8, 4) is 11.1 Å². The molecule has 0 saturated heterocycles. The van der Waals surface area contributed by atoms with Crippen LogP contribution < -0.4 is 5.32 Å². The van der Waals surface area contributed by atoms with Crippen molar-refractivity contribution in [3.05, 3.63) is 59.7 Å². The second kappa shape index (κ2) is 8.74. The maximum Gasteiger partial charge on any atom is 0.416 e. The monoisotopic (exact) mass is 365 g/mol. The Morgan fingerprint density at radius 1 is 1.04 bits per heavy atom. The van der Waals surface area contributed by atoms with Crippen LogP contribution >= 0.6 is 0 Å². The van der Waals surface area contributed by atoms with E-state index in [1.807, 2.05) is 24.3 Å². The van der Waals surface area contributed by atoms with Gasteiger partial charge in [-0.2, -0.15) is 13.2 Å². The first-order valence-corrected chi connectivity index (χ1v) is 8.55. The van der Waals surface area contributed by atoms with E-state index >= 15 is 0 Å². The van der Waals surface area contributed by atoms with Gasteiger partial charge in [0.25, 0.3) is 0 Å². The van der Waals surface area contributed by atoms with E-state index in [-0.39, 0.29) is 6.04 Å². The van der Waals surface area contributed by atoms with Gasteiger partial charge in [-0.15, -0.1) is 0 Å². The average Bonchev–Trinajstić information content (AvgIpc) is 2.59. The fraction of sp³-hybridized carbons (Fsp3) is 0.350. The Labute approximate surface area is 150 Å². The predicted molar refractivity (Wildman–Crippen MR) is 95.1 cm³/mol. The highest BCUT2D eigenvalue weighted by Gasteiger charge is 2.29. The summed E-state index contributed by atoms with van der Waals surface area (Å²) in [6.45, 7) is 2.05. The number of hydrogen-bond acceptors (Lipinski definition) is 1. The van der Waals surface area contributed by atoms with E-state index in [1.54, 1.807) is 0 Å². The SMILES string of the molecule is CCCCC(Cc1ccc(-c2ccc(C(F)(F)F)cc2)cc1)NC(=O)O. The van der Waals surface area contributed by atoms with Gasteiger partial charge >= 0.3 is 12.3 Å². The molecule has 0 aliphatic heterocycles. The van der Waals surface area contributed by atoms with E-state index in [2.05, 4.69) is 12.2 Å². The van der Waals surface area contributed by atoms with Crippen LogP contribution in [0.1, 0.15) is 37.3 Å². The molecule has 1 unspecified atom stereocenters. The second-order valence-electron chi connectivity index (χ2n) is 6.26. The number of hydrogen-bond donors (Lipinski definition) is 2. The van der Waals surface area contributed by atoms with Crippen molar-refractivity contribution < 1.29 is 23.1 Å². The van der Waals surface area contributed by atoms with Gasteiger partial charge in [0.05, 0.1) is 5.56 Å². The van der Waals surface area contributed by atoms with Gasteiger partial charge in [0.2, 0.25) is 0 Å². The number of nitrogens with one attached hydrogen (secondary N) is 1. The van der Waals surface area contributed by atoms with Gasteiger partial charge in [0, 0.05) is 6.04 Å². The minimum atomic E-state index is -4.34. The molecule has 140 valence electrons. The highest BCUT2D eigenvalue weighted by atomic mass is 19.4. The summed E-state index contributed by atoms with van der Waals surface area (Å²) in [6, 6.07) is 12.4. The van der Waals surface area contributed by atoms with Crippen molar-refractivity contribution in [1.82, 2.24) is 5.32 Å². The first kappa shape index (κ1) is 19.8. The van der Waals surface area contributed by atoms with Gasteiger partial charge < -0.3 is 10.4 Å². The molecule has 2 aromatic rings. The lowest BCUT2D eigenvalue weighted by Crippen LogP contribution is -2.35. The molecule has 0 spiro atoms. The molecule has 0 aliphatic rings. The largest absolute Gasteiger partial charge is 0.465 e. The van der Waals surface area contributed by atoms with Crippen LogP contribution in [0.25, 0.3) is 11.1 Å². The van der Waals surface area contributed by atoms with Gasteiger partial charge in [-0.05, 0) is 41.7 Å². The Morgan fingerprint density at radius 2 is 1.58 bits per heavy atom. The van der Waals surface area contributed by atoms with Crippen LogP contribution in [-0.4, -0.2) is 17.2 Å². The third-order valence-electron chi connectivity index (χ3n) is 4.22. The van der Waals surface area contributed by atoms with Gasteiger partial charge in [-0.1, -0.05) is 56.2 Å². The van der Waals surface area contributed by atoms with Crippen molar-refractivity contribution in [2.75, 3.05) is 0 Å². The molecule has 0 fully saturated rings. The summed E-state index contributed by atoms with van der Waals surface area (Å²) in [5.41, 5.74) is 1.83. The smallest absolute Gasteiger partial charge is 0.416 e. The van der Waals surface area contributed by atoms with Crippen molar-refractivity contribution in [1.29, 1.82) is 0 Å². The third-order valence-corrected chi connectivity index (χ3v) is 4.22. The lowest BCUT2D eigenvalue weighted by Gasteiger charge is -2.17. The number of unbranched alkanes of at least 4 members (excludes halogenated alkanes) is 1. The summed E-state index contributed by atoms with van der Waals surface area (Å²) in [5.74, 6) is 0. The zero-order chi connectivity index (χ0) is 19.2.